The molecule has 1 fully saturated rings. The topological polar surface area (TPSA) is 77.0 Å². The number of ether oxygens (including phenoxy) is 3. The van der Waals surface area contributed by atoms with Crippen molar-refractivity contribution >= 4 is 5.91 Å². The average Bonchev–Trinajstić information content (AvgIpc) is 2.93. The molecule has 1 amide bonds. The largest absolute Gasteiger partial charge is 0.490 e. The Hall–Kier alpha value is -1.63. The van der Waals surface area contributed by atoms with Gasteiger partial charge in [0.2, 0.25) is 5.91 Å². The standard InChI is InChI=1S/C18H25NO5/c1-11-5-13-6-12(3-4-15(13)24-11)7-17(20)19-8-14-9-23-10-16(22-2)18(14)21/h3-4,6,11,14,16,18,21H,5,7-10H2,1-2H3,(H,19,20)/t11-,14-,16-,18+/m1/s1. The first-order valence-corrected chi connectivity index (χ1v) is 8.40. The summed E-state index contributed by atoms with van der Waals surface area (Å²) in [6.45, 7) is 3.23. The van der Waals surface area contributed by atoms with Gasteiger partial charge in [-0.05, 0) is 24.1 Å². The van der Waals surface area contributed by atoms with Gasteiger partial charge in [-0.15, -0.1) is 0 Å². The van der Waals surface area contributed by atoms with Gasteiger partial charge in [-0.25, -0.2) is 0 Å². The molecule has 0 bridgehead atoms. The van der Waals surface area contributed by atoms with E-state index >= 15 is 0 Å². The zero-order valence-corrected chi connectivity index (χ0v) is 14.2. The normalized spacial score (nSPS) is 29.0. The van der Waals surface area contributed by atoms with Crippen molar-refractivity contribution in [1.82, 2.24) is 5.32 Å². The first-order chi connectivity index (χ1) is 11.6. The molecule has 3 rings (SSSR count). The van der Waals surface area contributed by atoms with Crippen LogP contribution in [-0.2, 0) is 27.1 Å². The number of amides is 1. The van der Waals surface area contributed by atoms with Crippen LogP contribution >= 0.6 is 0 Å². The van der Waals surface area contributed by atoms with E-state index in [1.807, 2.05) is 25.1 Å². The monoisotopic (exact) mass is 335 g/mol. The molecule has 1 saturated heterocycles. The predicted octanol–water partition coefficient (Wildman–Crippen LogP) is 0.691. The molecule has 0 radical (unpaired) electrons. The van der Waals surface area contributed by atoms with Gasteiger partial charge in [-0.3, -0.25) is 4.79 Å². The van der Waals surface area contributed by atoms with E-state index in [0.717, 1.165) is 23.3 Å². The van der Waals surface area contributed by atoms with Crippen LogP contribution in [0, 0.1) is 5.92 Å². The third-order valence-electron chi connectivity index (χ3n) is 4.67. The lowest BCUT2D eigenvalue weighted by atomic mass is 9.96. The highest BCUT2D eigenvalue weighted by Gasteiger charge is 2.32. The van der Waals surface area contributed by atoms with Crippen LogP contribution < -0.4 is 10.1 Å². The summed E-state index contributed by atoms with van der Waals surface area (Å²) in [4.78, 5) is 12.2. The average molecular weight is 335 g/mol. The number of carbonyl (C=O) groups is 1. The highest BCUT2D eigenvalue weighted by Crippen LogP contribution is 2.29. The summed E-state index contributed by atoms with van der Waals surface area (Å²) in [5.41, 5.74) is 2.13. The Morgan fingerprint density at radius 3 is 3.04 bits per heavy atom. The van der Waals surface area contributed by atoms with Gasteiger partial charge in [0.25, 0.3) is 0 Å². The first kappa shape index (κ1) is 17.2. The molecule has 2 N–H and O–H groups in total. The SMILES string of the molecule is CO[C@@H]1COC[C@@H](CNC(=O)Cc2ccc3c(c2)C[C@@H](C)O3)[C@@H]1O. The van der Waals surface area contributed by atoms with Gasteiger partial charge in [0.15, 0.2) is 0 Å². The van der Waals surface area contributed by atoms with Crippen LogP contribution in [0.3, 0.4) is 0 Å². The van der Waals surface area contributed by atoms with Gasteiger partial charge in [-0.1, -0.05) is 12.1 Å². The van der Waals surface area contributed by atoms with Crippen LogP contribution in [-0.4, -0.2) is 56.2 Å². The summed E-state index contributed by atoms with van der Waals surface area (Å²) < 4.78 is 16.3. The molecule has 6 nitrogen and oxygen atoms in total. The second-order valence-electron chi connectivity index (χ2n) is 6.62. The van der Waals surface area contributed by atoms with Crippen molar-refractivity contribution < 1.29 is 24.1 Å². The van der Waals surface area contributed by atoms with Crippen LogP contribution in [0.25, 0.3) is 0 Å². The Labute approximate surface area is 142 Å². The number of nitrogens with one attached hydrogen (secondary N) is 1. The van der Waals surface area contributed by atoms with E-state index in [4.69, 9.17) is 14.2 Å². The molecule has 1 aromatic rings. The Balaban J connectivity index is 1.50. The van der Waals surface area contributed by atoms with E-state index in [2.05, 4.69) is 5.32 Å². The Bertz CT molecular complexity index is 591. The lowest BCUT2D eigenvalue weighted by Crippen LogP contribution is -2.49. The number of fused-ring (bicyclic) bond motifs is 1. The number of methoxy groups -OCH3 is 1. The highest BCUT2D eigenvalue weighted by atomic mass is 16.5. The van der Waals surface area contributed by atoms with Crippen molar-refractivity contribution in [3.05, 3.63) is 29.3 Å². The van der Waals surface area contributed by atoms with E-state index in [-0.39, 0.29) is 24.0 Å². The summed E-state index contributed by atoms with van der Waals surface area (Å²) in [5.74, 6) is 0.704. The van der Waals surface area contributed by atoms with Crippen molar-refractivity contribution in [2.45, 2.75) is 38.1 Å². The second-order valence-corrected chi connectivity index (χ2v) is 6.62. The van der Waals surface area contributed by atoms with E-state index in [1.165, 1.54) is 0 Å². The third-order valence-corrected chi connectivity index (χ3v) is 4.67. The summed E-state index contributed by atoms with van der Waals surface area (Å²) in [6.07, 6.45) is 0.445. The van der Waals surface area contributed by atoms with Gasteiger partial charge in [0, 0.05) is 26.0 Å². The maximum atomic E-state index is 12.2. The minimum Gasteiger partial charge on any atom is -0.490 e. The van der Waals surface area contributed by atoms with E-state index in [1.54, 1.807) is 7.11 Å². The molecule has 2 heterocycles. The molecule has 24 heavy (non-hydrogen) atoms. The molecule has 132 valence electrons. The molecule has 1 aromatic carbocycles. The molecular formula is C18H25NO5. The number of hydrogen-bond acceptors (Lipinski definition) is 5. The maximum absolute atomic E-state index is 12.2. The molecule has 4 atom stereocenters. The Morgan fingerprint density at radius 1 is 1.42 bits per heavy atom. The van der Waals surface area contributed by atoms with Crippen molar-refractivity contribution in [3.8, 4) is 5.75 Å². The third kappa shape index (κ3) is 3.88. The lowest BCUT2D eigenvalue weighted by Gasteiger charge is -2.33. The molecule has 0 spiro atoms. The fourth-order valence-corrected chi connectivity index (χ4v) is 3.30. The summed E-state index contributed by atoms with van der Waals surface area (Å²) in [6, 6.07) is 5.90. The lowest BCUT2D eigenvalue weighted by molar-refractivity contribution is -0.136. The molecule has 0 aliphatic carbocycles. The molecule has 6 heteroatoms. The van der Waals surface area contributed by atoms with Gasteiger partial charge >= 0.3 is 0 Å². The number of benzene rings is 1. The van der Waals surface area contributed by atoms with E-state index < -0.39 is 6.10 Å². The number of rotatable bonds is 5. The molecule has 2 aliphatic rings. The quantitative estimate of drug-likeness (QED) is 0.828. The maximum Gasteiger partial charge on any atom is 0.224 e. The summed E-state index contributed by atoms with van der Waals surface area (Å²) in [5, 5.41) is 13.1. The Kier molecular flexibility index (Phi) is 5.38. The summed E-state index contributed by atoms with van der Waals surface area (Å²) in [7, 11) is 1.55. The smallest absolute Gasteiger partial charge is 0.224 e. The van der Waals surface area contributed by atoms with Gasteiger partial charge in [0.1, 0.15) is 18.0 Å². The van der Waals surface area contributed by atoms with Crippen molar-refractivity contribution in [2.24, 2.45) is 5.92 Å². The van der Waals surface area contributed by atoms with Gasteiger partial charge in [-0.2, -0.15) is 0 Å². The zero-order valence-electron chi connectivity index (χ0n) is 14.2. The minimum absolute atomic E-state index is 0.0614. The number of aliphatic hydroxyl groups excluding tert-OH is 1. The highest BCUT2D eigenvalue weighted by molar-refractivity contribution is 5.78. The van der Waals surface area contributed by atoms with E-state index in [9.17, 15) is 9.90 Å². The minimum atomic E-state index is -0.623. The van der Waals surface area contributed by atoms with Gasteiger partial charge in [0.05, 0.1) is 25.7 Å². The predicted molar refractivity (Wildman–Crippen MR) is 88.1 cm³/mol. The van der Waals surface area contributed by atoms with E-state index in [0.29, 0.717) is 26.2 Å². The molecular weight excluding hydrogens is 310 g/mol. The van der Waals surface area contributed by atoms with Crippen molar-refractivity contribution in [2.75, 3.05) is 26.9 Å². The fourth-order valence-electron chi connectivity index (χ4n) is 3.30. The second kappa shape index (κ2) is 7.51. The van der Waals surface area contributed by atoms with Crippen LogP contribution in [0.1, 0.15) is 18.1 Å². The number of hydrogen-bond donors (Lipinski definition) is 2. The molecule has 0 saturated carbocycles. The van der Waals surface area contributed by atoms with Crippen LogP contribution in [0.15, 0.2) is 18.2 Å². The molecule has 2 aliphatic heterocycles. The van der Waals surface area contributed by atoms with Crippen molar-refractivity contribution in [3.63, 3.8) is 0 Å². The van der Waals surface area contributed by atoms with Crippen LogP contribution in [0.5, 0.6) is 5.75 Å². The number of carbonyl (C=O) groups excluding carboxylic acids is 1. The molecule has 0 unspecified atom stereocenters. The zero-order chi connectivity index (χ0) is 17.1. The number of aliphatic hydroxyl groups is 1. The summed E-state index contributed by atoms with van der Waals surface area (Å²) >= 11 is 0. The van der Waals surface area contributed by atoms with Gasteiger partial charge < -0.3 is 24.6 Å². The van der Waals surface area contributed by atoms with Crippen LogP contribution in [0.2, 0.25) is 0 Å². The van der Waals surface area contributed by atoms with Crippen LogP contribution in [0.4, 0.5) is 0 Å². The Morgan fingerprint density at radius 2 is 2.25 bits per heavy atom. The molecule has 0 aromatic heterocycles. The fraction of sp³-hybridized carbons (Fsp3) is 0.611. The van der Waals surface area contributed by atoms with Crippen molar-refractivity contribution in [1.29, 1.82) is 0 Å². The first-order valence-electron chi connectivity index (χ1n) is 8.40.